The summed E-state index contributed by atoms with van der Waals surface area (Å²) in [6.45, 7) is 2.76. The molecule has 0 aliphatic carbocycles. The summed E-state index contributed by atoms with van der Waals surface area (Å²) < 4.78 is 1.37. The fourth-order valence-corrected chi connectivity index (χ4v) is 2.06. The van der Waals surface area contributed by atoms with Crippen molar-refractivity contribution in [1.29, 1.82) is 0 Å². The molecule has 2 N–H and O–H groups in total. The van der Waals surface area contributed by atoms with Gasteiger partial charge in [0, 0.05) is 12.8 Å². The zero-order valence-corrected chi connectivity index (χ0v) is 12.5. The summed E-state index contributed by atoms with van der Waals surface area (Å²) in [4.78, 5) is 20.9. The van der Waals surface area contributed by atoms with E-state index in [9.17, 15) is 4.79 Å². The van der Waals surface area contributed by atoms with Crippen LogP contribution in [0.25, 0.3) is 0 Å². The molecule has 1 aromatic heterocycles. The number of nitrogens with zero attached hydrogens (tertiary/aromatic N) is 2. The zero-order chi connectivity index (χ0) is 14.6. The summed E-state index contributed by atoms with van der Waals surface area (Å²) >= 11 is 0. The van der Waals surface area contributed by atoms with Crippen LogP contribution in [-0.4, -0.2) is 51.8 Å². The first-order valence-corrected chi connectivity index (χ1v) is 7.70. The van der Waals surface area contributed by atoms with E-state index in [1.54, 1.807) is 6.20 Å². The number of rotatable bonds is 11. The molecule has 1 aromatic rings. The Morgan fingerprint density at radius 2 is 1.90 bits per heavy atom. The van der Waals surface area contributed by atoms with Gasteiger partial charge in [-0.15, -0.1) is 0 Å². The third-order valence-corrected chi connectivity index (χ3v) is 3.21. The topological polar surface area (TPSA) is 70.1 Å². The Balaban J connectivity index is 0.00000400. The molecule has 0 aliphatic rings. The summed E-state index contributed by atoms with van der Waals surface area (Å²) in [5.74, 6) is -0.199. The molecule has 21 heavy (non-hydrogen) atoms. The van der Waals surface area contributed by atoms with Crippen LogP contribution in [0.15, 0.2) is 12.5 Å². The van der Waals surface area contributed by atoms with Gasteiger partial charge in [0.25, 0.3) is 0 Å². The zero-order valence-electron chi connectivity index (χ0n) is 12.5. The first-order valence-electron chi connectivity index (χ1n) is 7.70. The predicted octanol–water partition coefficient (Wildman–Crippen LogP) is 1.83. The van der Waals surface area contributed by atoms with Crippen LogP contribution in [0.5, 0.6) is 0 Å². The summed E-state index contributed by atoms with van der Waals surface area (Å²) in [5.41, 5.74) is 6.28. The van der Waals surface area contributed by atoms with Gasteiger partial charge < -0.3 is 10.6 Å². The van der Waals surface area contributed by atoms with Crippen molar-refractivity contribution in [2.75, 3.05) is 6.54 Å². The molecule has 0 amide bonds. The standard InChI is InChI=1S/C15H27N3O2.Na.H/c1-2-3-4-5-6-7-8-9-15(19)20-18-12-14(10-11-16)17-13-18;;/h12-13H,2-11,16H2,1H3;;. The van der Waals surface area contributed by atoms with Gasteiger partial charge in [-0.05, 0) is 13.0 Å². The second-order valence-corrected chi connectivity index (χ2v) is 5.10. The Morgan fingerprint density at radius 3 is 2.57 bits per heavy atom. The molecule has 1 heterocycles. The number of unbranched alkanes of at least 4 members (excludes halogenated alkanes) is 6. The molecule has 0 unspecified atom stereocenters. The number of carbonyl (C=O) groups is 1. The molecule has 116 valence electrons. The Labute approximate surface area is 149 Å². The third-order valence-electron chi connectivity index (χ3n) is 3.21. The van der Waals surface area contributed by atoms with E-state index in [1.807, 2.05) is 0 Å². The maximum atomic E-state index is 11.6. The van der Waals surface area contributed by atoms with Gasteiger partial charge in [-0.3, -0.25) is 0 Å². The molecule has 0 saturated carbocycles. The van der Waals surface area contributed by atoms with Crippen molar-refractivity contribution >= 4 is 35.5 Å². The normalized spacial score (nSPS) is 10.2. The quantitative estimate of drug-likeness (QED) is 0.500. The fraction of sp³-hybridized carbons (Fsp3) is 0.733. The molecule has 0 aromatic carbocycles. The summed E-state index contributed by atoms with van der Waals surface area (Å²) in [7, 11) is 0. The monoisotopic (exact) mass is 305 g/mol. The van der Waals surface area contributed by atoms with Crippen LogP contribution in [0.1, 0.15) is 64.0 Å². The van der Waals surface area contributed by atoms with E-state index >= 15 is 0 Å². The Kier molecular flexibility index (Phi) is 13.1. The molecule has 0 spiro atoms. The van der Waals surface area contributed by atoms with E-state index in [4.69, 9.17) is 10.6 Å². The van der Waals surface area contributed by atoms with Crippen LogP contribution in [-0.2, 0) is 11.2 Å². The molecule has 0 bridgehead atoms. The molecular weight excluding hydrogens is 277 g/mol. The Morgan fingerprint density at radius 1 is 1.24 bits per heavy atom. The van der Waals surface area contributed by atoms with Gasteiger partial charge in [-0.2, -0.15) is 4.73 Å². The first-order chi connectivity index (χ1) is 9.76. The third kappa shape index (κ3) is 10.1. The second-order valence-electron chi connectivity index (χ2n) is 5.10. The van der Waals surface area contributed by atoms with Gasteiger partial charge in [-0.1, -0.05) is 45.4 Å². The van der Waals surface area contributed by atoms with Crippen molar-refractivity contribution < 1.29 is 9.63 Å². The van der Waals surface area contributed by atoms with Crippen molar-refractivity contribution in [2.24, 2.45) is 5.73 Å². The number of aromatic nitrogens is 2. The number of hydrogen-bond acceptors (Lipinski definition) is 4. The van der Waals surface area contributed by atoms with Gasteiger partial charge in [-0.25, -0.2) is 9.78 Å². The second kappa shape index (κ2) is 13.3. The van der Waals surface area contributed by atoms with Gasteiger partial charge in [0.2, 0.25) is 0 Å². The van der Waals surface area contributed by atoms with Crippen LogP contribution in [0.4, 0.5) is 0 Å². The van der Waals surface area contributed by atoms with Crippen LogP contribution in [0.3, 0.4) is 0 Å². The van der Waals surface area contributed by atoms with E-state index in [0.717, 1.165) is 18.5 Å². The average molecular weight is 305 g/mol. The molecular formula is C15H28N3NaO2. The van der Waals surface area contributed by atoms with E-state index in [2.05, 4.69) is 11.9 Å². The number of imidazole rings is 1. The molecule has 0 radical (unpaired) electrons. The minimum absolute atomic E-state index is 0. The van der Waals surface area contributed by atoms with Crippen LogP contribution in [0.2, 0.25) is 0 Å². The van der Waals surface area contributed by atoms with Crippen molar-refractivity contribution in [1.82, 2.24) is 9.71 Å². The van der Waals surface area contributed by atoms with Crippen molar-refractivity contribution in [2.45, 2.75) is 64.7 Å². The van der Waals surface area contributed by atoms with Crippen molar-refractivity contribution in [3.8, 4) is 0 Å². The summed E-state index contributed by atoms with van der Waals surface area (Å²) in [5, 5.41) is 0. The molecule has 1 rings (SSSR count). The molecule has 0 fully saturated rings. The molecule has 0 aliphatic heterocycles. The number of nitrogens with two attached hydrogens (primary N) is 1. The summed E-state index contributed by atoms with van der Waals surface area (Å²) in [6.07, 6.45) is 12.7. The van der Waals surface area contributed by atoms with Crippen molar-refractivity contribution in [3.63, 3.8) is 0 Å². The first kappa shape index (κ1) is 20.6. The van der Waals surface area contributed by atoms with Crippen molar-refractivity contribution in [3.05, 3.63) is 18.2 Å². The van der Waals surface area contributed by atoms with Gasteiger partial charge in [0.1, 0.15) is 6.33 Å². The van der Waals surface area contributed by atoms with E-state index < -0.39 is 0 Å². The number of carbonyl (C=O) groups excluding carboxylic acids is 1. The fourth-order valence-electron chi connectivity index (χ4n) is 2.06. The Bertz CT molecular complexity index is 383. The van der Waals surface area contributed by atoms with Gasteiger partial charge in [0.15, 0.2) is 0 Å². The SMILES string of the molecule is CCCCCCCCCC(=O)On1cnc(CCN)c1.[NaH]. The maximum absolute atomic E-state index is 11.6. The van der Waals surface area contributed by atoms with Crippen LogP contribution < -0.4 is 10.6 Å². The van der Waals surface area contributed by atoms with E-state index in [0.29, 0.717) is 19.4 Å². The predicted molar refractivity (Wildman–Crippen MR) is 86.3 cm³/mol. The molecule has 0 atom stereocenters. The van der Waals surface area contributed by atoms with Crippen LogP contribution in [0, 0.1) is 0 Å². The van der Waals surface area contributed by atoms with Gasteiger partial charge >= 0.3 is 35.5 Å². The minimum atomic E-state index is -0.199. The van der Waals surface area contributed by atoms with E-state index in [1.165, 1.54) is 43.2 Å². The van der Waals surface area contributed by atoms with Gasteiger partial charge in [0.05, 0.1) is 11.9 Å². The van der Waals surface area contributed by atoms with E-state index in [-0.39, 0.29) is 35.5 Å². The molecule has 6 heteroatoms. The summed E-state index contributed by atoms with van der Waals surface area (Å²) in [6, 6.07) is 0. The molecule has 0 saturated heterocycles. The van der Waals surface area contributed by atoms with Crippen LogP contribution >= 0.6 is 0 Å². The average Bonchev–Trinajstić information content (AvgIpc) is 2.85. The molecule has 5 nitrogen and oxygen atoms in total. The number of hydrogen-bond donors (Lipinski definition) is 1. The Hall–Kier alpha value is -0.360.